The highest BCUT2D eigenvalue weighted by Gasteiger charge is 2.45. The second-order valence-electron chi connectivity index (χ2n) is 8.81. The molecule has 2 aliphatic rings. The molecular weight excluding hydrogens is 519 g/mol. The number of rotatable bonds is 8. The molecule has 5 N–H and O–H groups in total. The summed E-state index contributed by atoms with van der Waals surface area (Å²) in [5.74, 6) is 0. The fourth-order valence-electron chi connectivity index (χ4n) is 4.26. The first-order chi connectivity index (χ1) is 17.4. The summed E-state index contributed by atoms with van der Waals surface area (Å²) >= 11 is 0. The van der Waals surface area contributed by atoms with E-state index in [0.29, 0.717) is 0 Å². The van der Waals surface area contributed by atoms with Crippen molar-refractivity contribution in [3.8, 4) is 0 Å². The molecule has 2 aliphatic heterocycles. The van der Waals surface area contributed by atoms with E-state index in [4.69, 9.17) is 18.5 Å². The number of aliphatic hydroxyl groups excluding tert-OH is 2. The number of nitrogens with one attached hydrogen (secondary N) is 2. The van der Waals surface area contributed by atoms with E-state index in [1.165, 1.54) is 26.2 Å². The lowest BCUT2D eigenvalue weighted by atomic mass is 10.2. The standard InChI is InChI=1S/C20H27N4O12P/c1-9-5-23(19(29)21-17(9)27)15-3-11(13(7-25)33-15)35-37(31,32)36-12-4-16(34-14(12)8-26)24-6-10(2)18(28)22-20(24)30/h5-6,11-16,25-26H,3-4,7-8H2,1-2H3,(H,31,32)(H,21,27,29)(H,22,28,30)/t11-,12-,13+,14+,15+,16+/m0/s1. The minimum Gasteiger partial charge on any atom is -0.394 e. The Hall–Kier alpha value is -2.69. The number of H-pyrrole nitrogens is 2. The van der Waals surface area contributed by atoms with Gasteiger partial charge in [0.1, 0.15) is 36.9 Å². The number of phosphoric acid groups is 1. The van der Waals surface area contributed by atoms with Crippen LogP contribution < -0.4 is 22.5 Å². The van der Waals surface area contributed by atoms with Crippen LogP contribution in [0.2, 0.25) is 0 Å². The quantitative estimate of drug-likeness (QED) is 0.230. The van der Waals surface area contributed by atoms with Crippen molar-refractivity contribution in [2.75, 3.05) is 13.2 Å². The van der Waals surface area contributed by atoms with Crippen molar-refractivity contribution < 1.29 is 38.2 Å². The zero-order valence-electron chi connectivity index (χ0n) is 19.8. The molecule has 0 bridgehead atoms. The molecular formula is C20H27N4O12P. The molecule has 0 amide bonds. The first-order valence-corrected chi connectivity index (χ1v) is 12.8. The lowest BCUT2D eigenvalue weighted by Crippen LogP contribution is -2.33. The summed E-state index contributed by atoms with van der Waals surface area (Å²) < 4.78 is 36.8. The molecule has 2 aromatic rings. The normalized spacial score (nSPS) is 28.1. The van der Waals surface area contributed by atoms with Crippen LogP contribution in [0.15, 0.2) is 31.6 Å². The van der Waals surface area contributed by atoms with E-state index < -0.39 is 80.4 Å². The van der Waals surface area contributed by atoms with E-state index in [-0.39, 0.29) is 24.0 Å². The number of aryl methyl sites for hydroxylation is 2. The minimum absolute atomic E-state index is 0.135. The molecule has 0 spiro atoms. The summed E-state index contributed by atoms with van der Waals surface area (Å²) in [4.78, 5) is 62.4. The van der Waals surface area contributed by atoms with Crippen molar-refractivity contribution in [1.82, 2.24) is 19.1 Å². The Morgan fingerprint density at radius 3 is 1.59 bits per heavy atom. The van der Waals surface area contributed by atoms with E-state index in [9.17, 15) is 38.8 Å². The maximum atomic E-state index is 12.9. The molecule has 0 aliphatic carbocycles. The second-order valence-corrected chi connectivity index (χ2v) is 10.2. The molecule has 2 saturated heterocycles. The largest absolute Gasteiger partial charge is 0.472 e. The Balaban J connectivity index is 1.48. The van der Waals surface area contributed by atoms with E-state index in [0.717, 1.165) is 9.13 Å². The molecule has 204 valence electrons. The average molecular weight is 546 g/mol. The first-order valence-electron chi connectivity index (χ1n) is 11.3. The first kappa shape index (κ1) is 27.3. The summed E-state index contributed by atoms with van der Waals surface area (Å²) in [7, 11) is -4.86. The fraction of sp³-hybridized carbons (Fsp3) is 0.600. The molecule has 17 heteroatoms. The van der Waals surface area contributed by atoms with Gasteiger partial charge in [0, 0.05) is 36.4 Å². The summed E-state index contributed by atoms with van der Waals surface area (Å²) in [5, 5.41) is 19.4. The molecule has 4 rings (SSSR count). The predicted molar refractivity (Wildman–Crippen MR) is 123 cm³/mol. The SMILES string of the molecule is Cc1cn([C@H]2C[C@H](OP(=O)(O)O[C@H]3C[C@H](n4cc(C)c(=O)[nH]c4=O)O[C@@H]3CO)[C@@H](CO)O2)c(=O)[nH]c1=O. The molecule has 6 atom stereocenters. The summed E-state index contributed by atoms with van der Waals surface area (Å²) in [6.45, 7) is 1.74. The van der Waals surface area contributed by atoms with Gasteiger partial charge in [-0.25, -0.2) is 14.2 Å². The Morgan fingerprint density at radius 2 is 1.24 bits per heavy atom. The number of ether oxygens (including phenoxy) is 2. The lowest BCUT2D eigenvalue weighted by Gasteiger charge is -2.23. The smallest absolute Gasteiger partial charge is 0.394 e. The maximum Gasteiger partial charge on any atom is 0.472 e. The van der Waals surface area contributed by atoms with Gasteiger partial charge in [-0.05, 0) is 13.8 Å². The van der Waals surface area contributed by atoms with Gasteiger partial charge >= 0.3 is 19.2 Å². The molecule has 37 heavy (non-hydrogen) atoms. The van der Waals surface area contributed by atoms with Crippen LogP contribution in [0.3, 0.4) is 0 Å². The molecule has 16 nitrogen and oxygen atoms in total. The number of nitrogens with zero attached hydrogens (tertiary/aromatic N) is 2. The molecule has 0 radical (unpaired) electrons. The highest BCUT2D eigenvalue weighted by atomic mass is 31.2. The van der Waals surface area contributed by atoms with Crippen LogP contribution in [0.25, 0.3) is 0 Å². The highest BCUT2D eigenvalue weighted by Crippen LogP contribution is 2.51. The summed E-state index contributed by atoms with van der Waals surface area (Å²) in [5.41, 5.74) is -2.23. The van der Waals surface area contributed by atoms with Gasteiger partial charge in [0.15, 0.2) is 0 Å². The zero-order chi connectivity index (χ0) is 27.1. The van der Waals surface area contributed by atoms with Gasteiger partial charge < -0.3 is 24.6 Å². The van der Waals surface area contributed by atoms with Crippen molar-refractivity contribution in [3.63, 3.8) is 0 Å². The molecule has 2 aromatic heterocycles. The average Bonchev–Trinajstić information content (AvgIpc) is 3.41. The zero-order valence-corrected chi connectivity index (χ0v) is 20.7. The van der Waals surface area contributed by atoms with Crippen molar-refractivity contribution in [2.45, 2.75) is 63.6 Å². The van der Waals surface area contributed by atoms with Gasteiger partial charge in [-0.1, -0.05) is 0 Å². The number of phosphoric ester groups is 1. The molecule has 0 unspecified atom stereocenters. The maximum absolute atomic E-state index is 12.9. The topological polar surface area (TPSA) is 224 Å². The molecule has 0 saturated carbocycles. The van der Waals surface area contributed by atoms with Crippen molar-refractivity contribution in [3.05, 3.63) is 65.2 Å². The Morgan fingerprint density at radius 1 is 0.865 bits per heavy atom. The van der Waals surface area contributed by atoms with Crippen LogP contribution in [-0.2, 0) is 23.1 Å². The Labute approximate surface area is 207 Å². The number of aromatic amines is 2. The van der Waals surface area contributed by atoms with Gasteiger partial charge in [-0.15, -0.1) is 0 Å². The molecule has 2 fully saturated rings. The van der Waals surface area contributed by atoms with Crippen LogP contribution in [-0.4, -0.2) is 71.8 Å². The Bertz CT molecular complexity index is 1330. The second kappa shape index (κ2) is 10.6. The van der Waals surface area contributed by atoms with Crippen molar-refractivity contribution >= 4 is 7.82 Å². The fourth-order valence-corrected chi connectivity index (χ4v) is 5.44. The number of aromatic nitrogens is 4. The van der Waals surface area contributed by atoms with E-state index >= 15 is 0 Å². The van der Waals surface area contributed by atoms with Crippen molar-refractivity contribution in [2.24, 2.45) is 0 Å². The lowest BCUT2D eigenvalue weighted by molar-refractivity contribution is -0.0569. The Kier molecular flexibility index (Phi) is 7.83. The van der Waals surface area contributed by atoms with E-state index in [1.807, 2.05) is 0 Å². The predicted octanol–water partition coefficient (Wildman–Crippen LogP) is -1.87. The third-order valence-electron chi connectivity index (χ3n) is 6.17. The van der Waals surface area contributed by atoms with Crippen LogP contribution in [0.1, 0.15) is 36.4 Å². The van der Waals surface area contributed by atoms with Crippen LogP contribution in [0, 0.1) is 13.8 Å². The summed E-state index contributed by atoms with van der Waals surface area (Å²) in [6.07, 6.45) is -4.32. The number of aliphatic hydroxyl groups is 2. The van der Waals surface area contributed by atoms with Crippen LogP contribution in [0.5, 0.6) is 0 Å². The van der Waals surface area contributed by atoms with Crippen LogP contribution >= 0.6 is 7.82 Å². The van der Waals surface area contributed by atoms with Gasteiger partial charge in [-0.2, -0.15) is 0 Å². The van der Waals surface area contributed by atoms with Gasteiger partial charge in [-0.3, -0.25) is 37.7 Å². The minimum atomic E-state index is -4.86. The number of hydrogen-bond donors (Lipinski definition) is 5. The van der Waals surface area contributed by atoms with Crippen molar-refractivity contribution in [1.29, 1.82) is 0 Å². The van der Waals surface area contributed by atoms with Gasteiger partial charge in [0.2, 0.25) is 0 Å². The number of hydrogen-bond acceptors (Lipinski definition) is 11. The highest BCUT2D eigenvalue weighted by molar-refractivity contribution is 7.47. The van der Waals surface area contributed by atoms with Gasteiger partial charge in [0.25, 0.3) is 11.1 Å². The third-order valence-corrected chi connectivity index (χ3v) is 7.24. The summed E-state index contributed by atoms with van der Waals surface area (Å²) in [6, 6.07) is 0. The van der Waals surface area contributed by atoms with Crippen LogP contribution in [0.4, 0.5) is 0 Å². The third kappa shape index (κ3) is 5.76. The molecule has 4 heterocycles. The molecule has 0 aromatic carbocycles. The monoisotopic (exact) mass is 546 g/mol. The van der Waals surface area contributed by atoms with E-state index in [2.05, 4.69) is 9.97 Å². The van der Waals surface area contributed by atoms with E-state index in [1.54, 1.807) is 0 Å². The van der Waals surface area contributed by atoms with Gasteiger partial charge in [0.05, 0.1) is 13.2 Å².